The number of esters is 1. The van der Waals surface area contributed by atoms with Crippen molar-refractivity contribution in [2.45, 2.75) is 24.8 Å². The first kappa shape index (κ1) is 13.4. The van der Waals surface area contributed by atoms with E-state index < -0.39 is 5.54 Å². The number of nitrogens with one attached hydrogen (secondary N) is 2. The molecule has 1 saturated carbocycles. The number of amides is 2. The summed E-state index contributed by atoms with van der Waals surface area (Å²) in [4.78, 5) is 23.6. The molecule has 2 unspecified atom stereocenters. The second kappa shape index (κ2) is 5.30. The molecule has 1 fully saturated rings. The molecule has 19 heavy (non-hydrogen) atoms. The van der Waals surface area contributed by atoms with Crippen LogP contribution in [0.15, 0.2) is 30.3 Å². The molecule has 1 aromatic rings. The Labute approximate surface area is 112 Å². The van der Waals surface area contributed by atoms with Gasteiger partial charge in [-0.15, -0.1) is 0 Å². The Morgan fingerprint density at radius 1 is 1.37 bits per heavy atom. The molecular weight excluding hydrogens is 244 g/mol. The second-order valence-corrected chi connectivity index (χ2v) is 4.56. The third kappa shape index (κ3) is 2.54. The van der Waals surface area contributed by atoms with Gasteiger partial charge in [0.1, 0.15) is 5.54 Å². The van der Waals surface area contributed by atoms with Gasteiger partial charge in [-0.1, -0.05) is 30.3 Å². The molecule has 2 rings (SSSR count). The predicted molar refractivity (Wildman–Crippen MR) is 70.8 cm³/mol. The Bertz CT molecular complexity index is 475. The van der Waals surface area contributed by atoms with Crippen molar-refractivity contribution < 1.29 is 14.3 Å². The average Bonchev–Trinajstić information content (AvgIpc) is 3.15. The van der Waals surface area contributed by atoms with Gasteiger partial charge >= 0.3 is 12.0 Å². The van der Waals surface area contributed by atoms with Gasteiger partial charge in [-0.25, -0.2) is 9.59 Å². The first-order chi connectivity index (χ1) is 9.14. The normalized spacial score (nSPS) is 24.4. The first-order valence-electron chi connectivity index (χ1n) is 6.36. The summed E-state index contributed by atoms with van der Waals surface area (Å²) in [6.45, 7) is 2.06. The molecule has 0 bridgehead atoms. The number of urea groups is 1. The molecular formula is C14H18N2O3. The summed E-state index contributed by atoms with van der Waals surface area (Å²) in [6.07, 6.45) is 0.573. The largest absolute Gasteiger partial charge is 0.464 e. The smallest absolute Gasteiger partial charge is 0.332 e. The summed E-state index contributed by atoms with van der Waals surface area (Å²) in [7, 11) is 1.52. The van der Waals surface area contributed by atoms with Gasteiger partial charge in [0.2, 0.25) is 0 Å². The lowest BCUT2D eigenvalue weighted by Gasteiger charge is -2.17. The van der Waals surface area contributed by atoms with Crippen LogP contribution in [0.5, 0.6) is 0 Å². The zero-order valence-electron chi connectivity index (χ0n) is 11.1. The lowest BCUT2D eigenvalue weighted by atomic mass is 10.1. The van der Waals surface area contributed by atoms with Crippen LogP contribution in [0.4, 0.5) is 4.79 Å². The molecule has 0 aliphatic heterocycles. The van der Waals surface area contributed by atoms with E-state index >= 15 is 0 Å². The fourth-order valence-corrected chi connectivity index (χ4v) is 2.29. The van der Waals surface area contributed by atoms with Crippen LogP contribution in [-0.4, -0.2) is 31.2 Å². The third-order valence-electron chi connectivity index (χ3n) is 3.37. The van der Waals surface area contributed by atoms with Crippen molar-refractivity contribution in [2.24, 2.45) is 0 Å². The van der Waals surface area contributed by atoms with E-state index in [1.54, 1.807) is 6.92 Å². The van der Waals surface area contributed by atoms with Crippen molar-refractivity contribution in [3.8, 4) is 0 Å². The summed E-state index contributed by atoms with van der Waals surface area (Å²) < 4.78 is 5.08. The van der Waals surface area contributed by atoms with E-state index in [9.17, 15) is 9.59 Å². The Kier molecular flexibility index (Phi) is 3.74. The summed E-state index contributed by atoms with van der Waals surface area (Å²) in [5.74, 6) is -0.391. The molecule has 0 saturated heterocycles. The van der Waals surface area contributed by atoms with Crippen molar-refractivity contribution in [1.29, 1.82) is 0 Å². The van der Waals surface area contributed by atoms with Crippen molar-refractivity contribution in [3.05, 3.63) is 35.9 Å². The molecule has 5 nitrogen and oxygen atoms in total. The highest BCUT2D eigenvalue weighted by molar-refractivity contribution is 5.92. The van der Waals surface area contributed by atoms with Crippen molar-refractivity contribution >= 4 is 12.0 Å². The molecule has 5 heteroatoms. The van der Waals surface area contributed by atoms with Gasteiger partial charge in [-0.3, -0.25) is 0 Å². The maximum absolute atomic E-state index is 12.1. The van der Waals surface area contributed by atoms with E-state index in [2.05, 4.69) is 10.6 Å². The SMILES string of the molecule is CCOC(=O)C1(NC(=O)NC)CC1c1ccccc1. The Hall–Kier alpha value is -2.04. The van der Waals surface area contributed by atoms with Crippen molar-refractivity contribution in [2.75, 3.05) is 13.7 Å². The van der Waals surface area contributed by atoms with E-state index in [1.165, 1.54) is 7.05 Å². The van der Waals surface area contributed by atoms with Crippen LogP contribution in [0.3, 0.4) is 0 Å². The Morgan fingerprint density at radius 3 is 2.63 bits per heavy atom. The minimum atomic E-state index is -0.919. The highest BCUT2D eigenvalue weighted by atomic mass is 16.5. The van der Waals surface area contributed by atoms with E-state index in [0.717, 1.165) is 5.56 Å². The maximum atomic E-state index is 12.1. The molecule has 2 N–H and O–H groups in total. The molecule has 102 valence electrons. The molecule has 1 aliphatic carbocycles. The number of carbonyl (C=O) groups is 2. The minimum Gasteiger partial charge on any atom is -0.464 e. The minimum absolute atomic E-state index is 0.0231. The van der Waals surface area contributed by atoms with Crippen LogP contribution in [0.25, 0.3) is 0 Å². The highest BCUT2D eigenvalue weighted by Gasteiger charge is 2.63. The quantitative estimate of drug-likeness (QED) is 0.806. The van der Waals surface area contributed by atoms with Crippen LogP contribution in [0.1, 0.15) is 24.8 Å². The number of benzene rings is 1. The molecule has 0 heterocycles. The second-order valence-electron chi connectivity index (χ2n) is 4.56. The molecule has 0 aromatic heterocycles. The van der Waals surface area contributed by atoms with E-state index in [1.807, 2.05) is 30.3 Å². The summed E-state index contributed by atoms with van der Waals surface area (Å²) in [5.41, 5.74) is 0.115. The number of hydrogen-bond acceptors (Lipinski definition) is 3. The lowest BCUT2D eigenvalue weighted by Crippen LogP contribution is -2.48. The molecule has 2 amide bonds. The monoisotopic (exact) mass is 262 g/mol. The number of hydrogen-bond donors (Lipinski definition) is 2. The molecule has 1 aliphatic rings. The maximum Gasteiger partial charge on any atom is 0.332 e. The molecule has 0 radical (unpaired) electrons. The number of carbonyl (C=O) groups excluding carboxylic acids is 2. The predicted octanol–water partition coefficient (Wildman–Crippen LogP) is 1.40. The van der Waals surface area contributed by atoms with Gasteiger partial charge in [0.15, 0.2) is 0 Å². The van der Waals surface area contributed by atoms with Crippen LogP contribution in [0, 0.1) is 0 Å². The first-order valence-corrected chi connectivity index (χ1v) is 6.36. The van der Waals surface area contributed by atoms with Crippen LogP contribution < -0.4 is 10.6 Å². The standard InChI is InChI=1S/C14H18N2O3/c1-3-19-12(17)14(16-13(18)15-2)9-11(14)10-7-5-4-6-8-10/h4-8,11H,3,9H2,1-2H3,(H2,15,16,18). The average molecular weight is 262 g/mol. The van der Waals surface area contributed by atoms with Crippen LogP contribution in [0.2, 0.25) is 0 Å². The molecule has 0 spiro atoms. The fraction of sp³-hybridized carbons (Fsp3) is 0.429. The number of rotatable bonds is 4. The van der Waals surface area contributed by atoms with Gasteiger partial charge in [0.25, 0.3) is 0 Å². The topological polar surface area (TPSA) is 67.4 Å². The summed E-state index contributed by atoms with van der Waals surface area (Å²) >= 11 is 0. The van der Waals surface area contributed by atoms with Gasteiger partial charge in [-0.05, 0) is 18.9 Å². The highest BCUT2D eigenvalue weighted by Crippen LogP contribution is 2.52. The van der Waals surface area contributed by atoms with E-state index in [0.29, 0.717) is 13.0 Å². The third-order valence-corrected chi connectivity index (χ3v) is 3.37. The zero-order valence-corrected chi connectivity index (χ0v) is 11.1. The fourth-order valence-electron chi connectivity index (χ4n) is 2.29. The van der Waals surface area contributed by atoms with Crippen LogP contribution >= 0.6 is 0 Å². The van der Waals surface area contributed by atoms with Crippen molar-refractivity contribution in [3.63, 3.8) is 0 Å². The van der Waals surface area contributed by atoms with Crippen LogP contribution in [-0.2, 0) is 9.53 Å². The zero-order chi connectivity index (χ0) is 13.9. The van der Waals surface area contributed by atoms with E-state index in [4.69, 9.17) is 4.74 Å². The summed E-state index contributed by atoms with van der Waals surface area (Å²) in [6, 6.07) is 9.30. The molecule has 1 aromatic carbocycles. The summed E-state index contributed by atoms with van der Waals surface area (Å²) in [5, 5.41) is 5.20. The van der Waals surface area contributed by atoms with Gasteiger partial charge in [0, 0.05) is 13.0 Å². The number of ether oxygens (including phenoxy) is 1. The Balaban J connectivity index is 2.19. The molecule has 2 atom stereocenters. The van der Waals surface area contributed by atoms with Crippen molar-refractivity contribution in [1.82, 2.24) is 10.6 Å². The Morgan fingerprint density at radius 2 is 2.05 bits per heavy atom. The van der Waals surface area contributed by atoms with Gasteiger partial charge in [0.05, 0.1) is 6.61 Å². The van der Waals surface area contributed by atoms with Gasteiger partial charge in [-0.2, -0.15) is 0 Å². The van der Waals surface area contributed by atoms with Gasteiger partial charge < -0.3 is 15.4 Å². The lowest BCUT2D eigenvalue weighted by molar-refractivity contribution is -0.146. The van der Waals surface area contributed by atoms with E-state index in [-0.39, 0.29) is 17.9 Å².